The average Bonchev–Trinajstić information content (AvgIpc) is 2.51. The van der Waals surface area contributed by atoms with Crippen molar-refractivity contribution in [3.05, 3.63) is 70.5 Å². The summed E-state index contributed by atoms with van der Waals surface area (Å²) >= 11 is 0. The highest BCUT2D eigenvalue weighted by atomic mass is 19.4. The second-order valence-electron chi connectivity index (χ2n) is 7.18. The van der Waals surface area contributed by atoms with Gasteiger partial charge in [-0.3, -0.25) is 0 Å². The largest absolute Gasteiger partial charge is 0.416 e. The van der Waals surface area contributed by atoms with Gasteiger partial charge < -0.3 is 5.32 Å². The molecule has 2 aromatic rings. The molecule has 0 aliphatic heterocycles. The number of halogens is 4. The number of alkyl halides is 3. The molecule has 0 atom stereocenters. The molecule has 1 N–H and O–H groups in total. The molecule has 0 fully saturated rings. The minimum atomic E-state index is -4.45. The van der Waals surface area contributed by atoms with Crippen molar-refractivity contribution >= 4 is 0 Å². The summed E-state index contributed by atoms with van der Waals surface area (Å²) in [5.74, 6) is -0.607. The van der Waals surface area contributed by atoms with Crippen molar-refractivity contribution in [2.24, 2.45) is 0 Å². The highest BCUT2D eigenvalue weighted by Gasteiger charge is 2.30. The maximum Gasteiger partial charge on any atom is 0.416 e. The normalized spacial score (nSPS) is 12.4. The predicted octanol–water partition coefficient (Wildman–Crippen LogP) is 5.47. The maximum absolute atomic E-state index is 13.7. The van der Waals surface area contributed by atoms with Crippen LogP contribution >= 0.6 is 0 Å². The first-order chi connectivity index (χ1) is 11.6. The first kappa shape index (κ1) is 19.4. The number of benzene rings is 2. The van der Waals surface area contributed by atoms with Crippen molar-refractivity contribution in [3.8, 4) is 0 Å². The standard InChI is InChI=1S/C20H23F4N/c1-19(2,3)16-6-4-14(5-7-16)13-25-11-10-15-12-17(20(22,23)24)8-9-18(15)21/h4-9,12,25H,10-11,13H2,1-3H3. The molecule has 0 spiro atoms. The van der Waals surface area contributed by atoms with Crippen molar-refractivity contribution < 1.29 is 17.6 Å². The zero-order chi connectivity index (χ0) is 18.7. The van der Waals surface area contributed by atoms with Crippen LogP contribution in [-0.4, -0.2) is 6.54 Å². The van der Waals surface area contributed by atoms with E-state index in [1.165, 1.54) is 5.56 Å². The fraction of sp³-hybridized carbons (Fsp3) is 0.400. The molecule has 0 saturated carbocycles. The van der Waals surface area contributed by atoms with E-state index in [1.807, 2.05) is 12.1 Å². The van der Waals surface area contributed by atoms with Crippen LogP contribution in [0, 0.1) is 5.82 Å². The third-order valence-corrected chi connectivity index (χ3v) is 4.09. The third kappa shape index (κ3) is 5.56. The Bertz CT molecular complexity index is 697. The maximum atomic E-state index is 13.7. The smallest absolute Gasteiger partial charge is 0.312 e. The Morgan fingerprint density at radius 3 is 2.04 bits per heavy atom. The highest BCUT2D eigenvalue weighted by Crippen LogP contribution is 2.30. The van der Waals surface area contributed by atoms with Gasteiger partial charge in [0.1, 0.15) is 5.82 Å². The molecule has 25 heavy (non-hydrogen) atoms. The number of hydrogen-bond acceptors (Lipinski definition) is 1. The second-order valence-corrected chi connectivity index (χ2v) is 7.18. The molecule has 0 radical (unpaired) electrons. The Morgan fingerprint density at radius 1 is 0.880 bits per heavy atom. The molecule has 1 nitrogen and oxygen atoms in total. The minimum absolute atomic E-state index is 0.0744. The molecule has 0 heterocycles. The van der Waals surface area contributed by atoms with Gasteiger partial charge in [-0.2, -0.15) is 13.2 Å². The van der Waals surface area contributed by atoms with Crippen molar-refractivity contribution in [3.63, 3.8) is 0 Å². The van der Waals surface area contributed by atoms with Crippen LogP contribution in [0.2, 0.25) is 0 Å². The molecule has 0 aromatic heterocycles. The first-order valence-electron chi connectivity index (χ1n) is 8.23. The lowest BCUT2D eigenvalue weighted by Crippen LogP contribution is -2.18. The third-order valence-electron chi connectivity index (χ3n) is 4.09. The molecule has 0 amide bonds. The lowest BCUT2D eigenvalue weighted by Gasteiger charge is -2.19. The summed E-state index contributed by atoms with van der Waals surface area (Å²) in [5.41, 5.74) is 1.67. The molecule has 0 bridgehead atoms. The van der Waals surface area contributed by atoms with Crippen LogP contribution in [-0.2, 0) is 24.6 Å². The molecule has 0 unspecified atom stereocenters. The van der Waals surface area contributed by atoms with E-state index in [0.29, 0.717) is 13.1 Å². The van der Waals surface area contributed by atoms with Crippen LogP contribution in [0.15, 0.2) is 42.5 Å². The molecular formula is C20H23F4N. The average molecular weight is 353 g/mol. The van der Waals surface area contributed by atoms with Crippen LogP contribution in [0.25, 0.3) is 0 Å². The summed E-state index contributed by atoms with van der Waals surface area (Å²) < 4.78 is 51.7. The monoisotopic (exact) mass is 353 g/mol. The molecule has 5 heteroatoms. The summed E-state index contributed by atoms with van der Waals surface area (Å²) in [6.45, 7) is 7.42. The fourth-order valence-electron chi connectivity index (χ4n) is 2.52. The van der Waals surface area contributed by atoms with Gasteiger partial charge in [0.25, 0.3) is 0 Å². The van der Waals surface area contributed by atoms with Gasteiger partial charge in [0.2, 0.25) is 0 Å². The van der Waals surface area contributed by atoms with Crippen molar-refractivity contribution in [2.45, 2.75) is 45.3 Å². The molecule has 136 valence electrons. The van der Waals surface area contributed by atoms with Crippen molar-refractivity contribution in [2.75, 3.05) is 6.54 Å². The first-order valence-corrected chi connectivity index (χ1v) is 8.23. The van der Waals surface area contributed by atoms with Crippen molar-refractivity contribution in [1.82, 2.24) is 5.32 Å². The predicted molar refractivity (Wildman–Crippen MR) is 92.0 cm³/mol. The number of hydrogen-bond donors (Lipinski definition) is 1. The van der Waals surface area contributed by atoms with E-state index in [1.54, 1.807) is 0 Å². The zero-order valence-corrected chi connectivity index (χ0v) is 14.7. The molecule has 2 aromatic carbocycles. The minimum Gasteiger partial charge on any atom is -0.312 e. The Labute approximate surface area is 146 Å². The van der Waals surface area contributed by atoms with E-state index in [4.69, 9.17) is 0 Å². The van der Waals surface area contributed by atoms with E-state index in [2.05, 4.69) is 38.2 Å². The van der Waals surface area contributed by atoms with Gasteiger partial charge in [0.05, 0.1) is 5.56 Å². The van der Waals surface area contributed by atoms with E-state index in [-0.39, 0.29) is 17.4 Å². The van der Waals surface area contributed by atoms with Crippen LogP contribution in [0.5, 0.6) is 0 Å². The molecule has 2 rings (SSSR count). The lowest BCUT2D eigenvalue weighted by atomic mass is 9.87. The summed E-state index contributed by atoms with van der Waals surface area (Å²) in [5, 5.41) is 3.15. The van der Waals surface area contributed by atoms with Gasteiger partial charge in [-0.05, 0) is 53.3 Å². The Kier molecular flexibility index (Phi) is 5.88. The molecular weight excluding hydrogens is 330 g/mol. The lowest BCUT2D eigenvalue weighted by molar-refractivity contribution is -0.137. The molecule has 0 saturated heterocycles. The Morgan fingerprint density at radius 2 is 1.48 bits per heavy atom. The summed E-state index contributed by atoms with van der Waals surface area (Å²) in [4.78, 5) is 0. The van der Waals surface area contributed by atoms with Crippen molar-refractivity contribution in [1.29, 1.82) is 0 Å². The van der Waals surface area contributed by atoms with Crippen LogP contribution in [0.3, 0.4) is 0 Å². The number of nitrogens with one attached hydrogen (secondary N) is 1. The van der Waals surface area contributed by atoms with Gasteiger partial charge in [0, 0.05) is 6.54 Å². The fourth-order valence-corrected chi connectivity index (χ4v) is 2.52. The molecule has 0 aliphatic rings. The van der Waals surface area contributed by atoms with Crippen LogP contribution < -0.4 is 5.32 Å². The van der Waals surface area contributed by atoms with Crippen LogP contribution in [0.4, 0.5) is 17.6 Å². The van der Waals surface area contributed by atoms with E-state index < -0.39 is 17.6 Å². The van der Waals surface area contributed by atoms with E-state index >= 15 is 0 Å². The second kappa shape index (κ2) is 7.56. The van der Waals surface area contributed by atoms with Gasteiger partial charge in [0.15, 0.2) is 0 Å². The SMILES string of the molecule is CC(C)(C)c1ccc(CNCCc2cc(C(F)(F)F)ccc2F)cc1. The van der Waals surface area contributed by atoms with Gasteiger partial charge in [-0.1, -0.05) is 45.0 Å². The summed E-state index contributed by atoms with van der Waals surface area (Å²) in [7, 11) is 0. The topological polar surface area (TPSA) is 12.0 Å². The zero-order valence-electron chi connectivity index (χ0n) is 14.7. The summed E-state index contributed by atoms with van der Waals surface area (Å²) in [6.07, 6.45) is -4.25. The number of rotatable bonds is 5. The van der Waals surface area contributed by atoms with E-state index in [9.17, 15) is 17.6 Å². The summed E-state index contributed by atoms with van der Waals surface area (Å²) in [6, 6.07) is 10.7. The van der Waals surface area contributed by atoms with Gasteiger partial charge >= 0.3 is 6.18 Å². The Balaban J connectivity index is 1.89. The van der Waals surface area contributed by atoms with Gasteiger partial charge in [-0.15, -0.1) is 0 Å². The Hall–Kier alpha value is -1.88. The van der Waals surface area contributed by atoms with E-state index in [0.717, 1.165) is 23.8 Å². The molecule has 0 aliphatic carbocycles. The highest BCUT2D eigenvalue weighted by molar-refractivity contribution is 5.28. The quantitative estimate of drug-likeness (QED) is 0.555. The van der Waals surface area contributed by atoms with Gasteiger partial charge in [-0.25, -0.2) is 4.39 Å². The van der Waals surface area contributed by atoms with Crippen LogP contribution in [0.1, 0.15) is 43.0 Å².